The number of nitrogens with one attached hydrogen (secondary N) is 1. The SMILES string of the molecule is CCCc1cc(C(=O)N2CCCC[C@H]2c2nc3c(c(=O)[nH]2)CN(C(C)C)CC3)no1. The van der Waals surface area contributed by atoms with Crippen LogP contribution in [0.25, 0.3) is 0 Å². The van der Waals surface area contributed by atoms with Gasteiger partial charge in [0.2, 0.25) is 0 Å². The highest BCUT2D eigenvalue weighted by atomic mass is 16.5. The third-order valence-corrected chi connectivity index (χ3v) is 6.20. The second kappa shape index (κ2) is 8.71. The zero-order chi connectivity index (χ0) is 21.3. The zero-order valence-corrected chi connectivity index (χ0v) is 18.1. The predicted molar refractivity (Wildman–Crippen MR) is 112 cm³/mol. The monoisotopic (exact) mass is 413 g/mol. The predicted octanol–water partition coefficient (Wildman–Crippen LogP) is 2.84. The zero-order valence-electron chi connectivity index (χ0n) is 18.1. The third kappa shape index (κ3) is 4.05. The van der Waals surface area contributed by atoms with Crippen molar-refractivity contribution in [3.05, 3.63) is 45.0 Å². The van der Waals surface area contributed by atoms with E-state index < -0.39 is 0 Å². The fourth-order valence-corrected chi connectivity index (χ4v) is 4.45. The lowest BCUT2D eigenvalue weighted by molar-refractivity contribution is 0.0588. The highest BCUT2D eigenvalue weighted by molar-refractivity contribution is 5.92. The number of rotatable bonds is 5. The van der Waals surface area contributed by atoms with Crippen molar-refractivity contribution in [2.24, 2.45) is 0 Å². The first kappa shape index (κ1) is 20.8. The second-order valence-corrected chi connectivity index (χ2v) is 8.63. The summed E-state index contributed by atoms with van der Waals surface area (Å²) >= 11 is 0. The van der Waals surface area contributed by atoms with Gasteiger partial charge in [0.25, 0.3) is 11.5 Å². The Morgan fingerprint density at radius 3 is 2.93 bits per heavy atom. The van der Waals surface area contributed by atoms with Gasteiger partial charge in [0.1, 0.15) is 11.6 Å². The summed E-state index contributed by atoms with van der Waals surface area (Å²) in [6.07, 6.45) is 5.16. The van der Waals surface area contributed by atoms with Crippen LogP contribution in [0.15, 0.2) is 15.4 Å². The van der Waals surface area contributed by atoms with Crippen LogP contribution in [-0.4, -0.2) is 50.0 Å². The molecule has 4 rings (SSSR count). The number of fused-ring (bicyclic) bond motifs is 1. The molecule has 1 fully saturated rings. The first-order chi connectivity index (χ1) is 14.5. The molecule has 1 saturated heterocycles. The van der Waals surface area contributed by atoms with Gasteiger partial charge in [-0.3, -0.25) is 14.5 Å². The Labute approximate surface area is 176 Å². The van der Waals surface area contributed by atoms with Crippen LogP contribution in [-0.2, 0) is 19.4 Å². The van der Waals surface area contributed by atoms with Crippen molar-refractivity contribution < 1.29 is 9.32 Å². The molecule has 8 heteroatoms. The van der Waals surface area contributed by atoms with Gasteiger partial charge in [0.15, 0.2) is 5.69 Å². The fourth-order valence-electron chi connectivity index (χ4n) is 4.45. The number of amides is 1. The smallest absolute Gasteiger partial charge is 0.276 e. The van der Waals surface area contributed by atoms with E-state index in [0.29, 0.717) is 30.6 Å². The van der Waals surface area contributed by atoms with E-state index >= 15 is 0 Å². The van der Waals surface area contributed by atoms with Crippen molar-refractivity contribution in [3.63, 3.8) is 0 Å². The van der Waals surface area contributed by atoms with E-state index in [-0.39, 0.29) is 17.5 Å². The van der Waals surface area contributed by atoms with E-state index in [4.69, 9.17) is 9.51 Å². The molecule has 1 amide bonds. The molecule has 0 spiro atoms. The van der Waals surface area contributed by atoms with E-state index in [1.165, 1.54) is 0 Å². The van der Waals surface area contributed by atoms with Gasteiger partial charge in [-0.1, -0.05) is 12.1 Å². The highest BCUT2D eigenvalue weighted by Crippen LogP contribution is 2.30. The van der Waals surface area contributed by atoms with Crippen molar-refractivity contribution >= 4 is 5.91 Å². The Bertz CT molecular complexity index is 964. The van der Waals surface area contributed by atoms with Gasteiger partial charge in [0.05, 0.1) is 17.3 Å². The van der Waals surface area contributed by atoms with Crippen LogP contribution in [0.4, 0.5) is 0 Å². The molecule has 1 N–H and O–H groups in total. The van der Waals surface area contributed by atoms with Crippen LogP contribution in [0.5, 0.6) is 0 Å². The van der Waals surface area contributed by atoms with Gasteiger partial charge < -0.3 is 14.4 Å². The third-order valence-electron chi connectivity index (χ3n) is 6.20. The molecule has 0 radical (unpaired) electrons. The molecule has 2 aliphatic heterocycles. The van der Waals surface area contributed by atoms with Crippen molar-refractivity contribution in [1.82, 2.24) is 24.9 Å². The minimum absolute atomic E-state index is 0.0787. The van der Waals surface area contributed by atoms with Gasteiger partial charge in [-0.25, -0.2) is 4.98 Å². The lowest BCUT2D eigenvalue weighted by Crippen LogP contribution is -2.42. The van der Waals surface area contributed by atoms with Crippen LogP contribution < -0.4 is 5.56 Å². The van der Waals surface area contributed by atoms with Crippen molar-refractivity contribution in [2.75, 3.05) is 13.1 Å². The Morgan fingerprint density at radius 2 is 2.17 bits per heavy atom. The van der Waals surface area contributed by atoms with Crippen molar-refractivity contribution in [3.8, 4) is 0 Å². The number of nitrogens with zero attached hydrogens (tertiary/aromatic N) is 4. The summed E-state index contributed by atoms with van der Waals surface area (Å²) in [4.78, 5) is 37.9. The summed E-state index contributed by atoms with van der Waals surface area (Å²) in [5, 5.41) is 3.99. The van der Waals surface area contributed by atoms with Gasteiger partial charge in [-0.15, -0.1) is 0 Å². The maximum absolute atomic E-state index is 13.2. The first-order valence-electron chi connectivity index (χ1n) is 11.1. The maximum Gasteiger partial charge on any atom is 0.276 e. The fraction of sp³-hybridized carbons (Fsp3) is 0.636. The minimum Gasteiger partial charge on any atom is -0.361 e. The Hall–Kier alpha value is -2.48. The number of hydrogen-bond acceptors (Lipinski definition) is 6. The number of aromatic amines is 1. The number of aryl methyl sites for hydroxylation is 1. The highest BCUT2D eigenvalue weighted by Gasteiger charge is 2.33. The first-order valence-corrected chi connectivity index (χ1v) is 11.1. The summed E-state index contributed by atoms with van der Waals surface area (Å²) in [5.41, 5.74) is 1.88. The van der Waals surface area contributed by atoms with Crippen LogP contribution in [0, 0.1) is 0 Å². The minimum atomic E-state index is -0.237. The van der Waals surface area contributed by atoms with E-state index in [9.17, 15) is 9.59 Å². The molecule has 0 saturated carbocycles. The van der Waals surface area contributed by atoms with Crippen LogP contribution in [0.1, 0.15) is 85.8 Å². The molecule has 30 heavy (non-hydrogen) atoms. The molecule has 2 aromatic rings. The quantitative estimate of drug-likeness (QED) is 0.810. The van der Waals surface area contributed by atoms with E-state index in [2.05, 4.69) is 35.8 Å². The number of H-pyrrole nitrogens is 1. The van der Waals surface area contributed by atoms with Gasteiger partial charge in [0, 0.05) is 44.6 Å². The second-order valence-electron chi connectivity index (χ2n) is 8.63. The number of likely N-dealkylation sites (tertiary alicyclic amines) is 1. The van der Waals surface area contributed by atoms with Gasteiger partial charge in [-0.2, -0.15) is 0 Å². The Morgan fingerprint density at radius 1 is 1.33 bits per heavy atom. The van der Waals surface area contributed by atoms with Crippen LogP contribution in [0.3, 0.4) is 0 Å². The number of carbonyl (C=O) groups is 1. The van der Waals surface area contributed by atoms with E-state index in [1.54, 1.807) is 11.0 Å². The standard InChI is InChI=1S/C22H31N5O3/c1-4-7-15-12-18(25-30-15)22(29)27-10-6-5-8-19(27)20-23-17-9-11-26(14(2)3)13-16(17)21(28)24-20/h12,14,19H,4-11,13H2,1-3H3,(H,23,24,28)/t19-/m0/s1. The maximum atomic E-state index is 13.2. The Kier molecular flexibility index (Phi) is 6.04. The number of carbonyl (C=O) groups excluding carboxylic acids is 1. The molecule has 1 atom stereocenters. The number of piperidine rings is 1. The molecule has 0 aliphatic carbocycles. The molecule has 4 heterocycles. The number of hydrogen-bond donors (Lipinski definition) is 1. The van der Waals surface area contributed by atoms with Gasteiger partial charge in [-0.05, 0) is 39.5 Å². The molecule has 162 valence electrons. The molecule has 8 nitrogen and oxygen atoms in total. The molecule has 0 unspecified atom stereocenters. The molecule has 2 aromatic heterocycles. The van der Waals surface area contributed by atoms with Gasteiger partial charge >= 0.3 is 0 Å². The number of aromatic nitrogens is 3. The molecular weight excluding hydrogens is 382 g/mol. The summed E-state index contributed by atoms with van der Waals surface area (Å²) in [6, 6.07) is 1.89. The lowest BCUT2D eigenvalue weighted by atomic mass is 9.99. The average Bonchev–Trinajstić information content (AvgIpc) is 3.22. The summed E-state index contributed by atoms with van der Waals surface area (Å²) in [7, 11) is 0. The van der Waals surface area contributed by atoms with E-state index in [0.717, 1.165) is 62.1 Å². The average molecular weight is 414 g/mol. The molecular formula is C22H31N5O3. The molecule has 0 bridgehead atoms. The molecule has 0 aromatic carbocycles. The largest absolute Gasteiger partial charge is 0.361 e. The van der Waals surface area contributed by atoms with Crippen molar-refractivity contribution in [2.45, 2.75) is 77.9 Å². The molecule has 2 aliphatic rings. The summed E-state index contributed by atoms with van der Waals surface area (Å²) in [6.45, 7) is 8.49. The van der Waals surface area contributed by atoms with Crippen LogP contribution >= 0.6 is 0 Å². The van der Waals surface area contributed by atoms with Crippen molar-refractivity contribution in [1.29, 1.82) is 0 Å². The lowest BCUT2D eigenvalue weighted by Gasteiger charge is -2.35. The normalized spacial score (nSPS) is 19.9. The summed E-state index contributed by atoms with van der Waals surface area (Å²) in [5.74, 6) is 1.17. The Balaban J connectivity index is 1.61. The van der Waals surface area contributed by atoms with E-state index in [1.807, 2.05) is 0 Å². The topological polar surface area (TPSA) is 95.3 Å². The van der Waals surface area contributed by atoms with Crippen LogP contribution in [0.2, 0.25) is 0 Å². The summed E-state index contributed by atoms with van der Waals surface area (Å²) < 4.78 is 5.31.